The highest BCUT2D eigenvalue weighted by Gasteiger charge is 2.38. The predicted molar refractivity (Wildman–Crippen MR) is 133 cm³/mol. The second-order valence-corrected chi connectivity index (χ2v) is 10.3. The van der Waals surface area contributed by atoms with Gasteiger partial charge in [0.05, 0.1) is 5.92 Å². The van der Waals surface area contributed by atoms with E-state index in [1.807, 2.05) is 37.3 Å². The molecule has 1 fully saturated rings. The Balaban J connectivity index is 1.58. The number of piperidine rings is 1. The van der Waals surface area contributed by atoms with Gasteiger partial charge in [0, 0.05) is 30.9 Å². The molecular formula is C26H28FN3O4S. The summed E-state index contributed by atoms with van der Waals surface area (Å²) in [6.45, 7) is 4.31. The van der Waals surface area contributed by atoms with Crippen molar-refractivity contribution in [2.75, 3.05) is 24.5 Å². The van der Waals surface area contributed by atoms with Crippen LogP contribution in [0.5, 0.6) is 0 Å². The number of hydrogen-bond donors (Lipinski definition) is 0. The average Bonchev–Trinajstić information content (AvgIpc) is 3.25. The van der Waals surface area contributed by atoms with Gasteiger partial charge in [-0.3, -0.25) is 4.79 Å². The van der Waals surface area contributed by atoms with Crippen LogP contribution in [-0.4, -0.2) is 43.4 Å². The topological polar surface area (TPSA) is 83.7 Å². The number of hydrogen-bond acceptors (Lipinski definition) is 5. The van der Waals surface area contributed by atoms with Crippen molar-refractivity contribution in [3.63, 3.8) is 0 Å². The highest BCUT2D eigenvalue weighted by molar-refractivity contribution is 7.89. The Labute approximate surface area is 204 Å². The van der Waals surface area contributed by atoms with Crippen molar-refractivity contribution < 1.29 is 22.1 Å². The molecule has 1 saturated heterocycles. The van der Waals surface area contributed by atoms with E-state index in [0.29, 0.717) is 31.5 Å². The molecule has 7 nitrogen and oxygen atoms in total. The predicted octanol–water partition coefficient (Wildman–Crippen LogP) is 4.75. The molecule has 1 atom stereocenters. The number of halogens is 1. The summed E-state index contributed by atoms with van der Waals surface area (Å²) in [6, 6.07) is 15.5. The summed E-state index contributed by atoms with van der Waals surface area (Å²) in [5, 5.41) is 3.85. The van der Waals surface area contributed by atoms with Gasteiger partial charge in [-0.1, -0.05) is 41.6 Å². The molecule has 1 amide bonds. The van der Waals surface area contributed by atoms with Gasteiger partial charge in [0.1, 0.15) is 11.5 Å². The van der Waals surface area contributed by atoms with Gasteiger partial charge in [0.2, 0.25) is 15.9 Å². The summed E-state index contributed by atoms with van der Waals surface area (Å²) in [5.74, 6) is -0.962. The van der Waals surface area contributed by atoms with Crippen LogP contribution < -0.4 is 4.90 Å². The maximum atomic E-state index is 14.0. The maximum Gasteiger partial charge on any atom is 0.248 e. The van der Waals surface area contributed by atoms with E-state index in [9.17, 15) is 17.6 Å². The Morgan fingerprint density at radius 2 is 1.89 bits per heavy atom. The van der Waals surface area contributed by atoms with E-state index >= 15 is 0 Å². The minimum atomic E-state index is -4.00. The largest absolute Gasteiger partial charge is 0.355 e. The molecule has 3 aromatic rings. The number of amides is 1. The van der Waals surface area contributed by atoms with E-state index < -0.39 is 21.8 Å². The Morgan fingerprint density at radius 3 is 2.60 bits per heavy atom. The van der Waals surface area contributed by atoms with Crippen LogP contribution in [0.25, 0.3) is 12.2 Å². The Hall–Kier alpha value is -3.30. The fourth-order valence-electron chi connectivity index (χ4n) is 4.36. The van der Waals surface area contributed by atoms with Gasteiger partial charge < -0.3 is 9.42 Å². The molecule has 2 heterocycles. The molecule has 0 radical (unpaired) electrons. The van der Waals surface area contributed by atoms with Gasteiger partial charge in [0.15, 0.2) is 10.7 Å². The quantitative estimate of drug-likeness (QED) is 0.471. The number of carbonyl (C=O) groups excluding carboxylic acids is 1. The van der Waals surface area contributed by atoms with Crippen LogP contribution in [0.3, 0.4) is 0 Å². The first-order valence-electron chi connectivity index (χ1n) is 11.6. The summed E-state index contributed by atoms with van der Waals surface area (Å²) in [5.41, 5.74) is 1.30. The van der Waals surface area contributed by atoms with Crippen LogP contribution in [0.2, 0.25) is 0 Å². The molecule has 4 rings (SSSR count). The monoisotopic (exact) mass is 497 g/mol. The SMILES string of the molecule is CCN(C(=O)C1CCCN(S(=O)(=O)c2c(C)noc2C=Cc2ccccc2F)C1)c1ccccc1. The number of sulfonamides is 1. The zero-order chi connectivity index (χ0) is 25.0. The Morgan fingerprint density at radius 1 is 1.17 bits per heavy atom. The van der Waals surface area contributed by atoms with Crippen LogP contribution >= 0.6 is 0 Å². The fraction of sp³-hybridized carbons (Fsp3) is 0.308. The zero-order valence-corrected chi connectivity index (χ0v) is 20.5. The summed E-state index contributed by atoms with van der Waals surface area (Å²) in [7, 11) is -4.00. The van der Waals surface area contributed by atoms with Crippen LogP contribution in [-0.2, 0) is 14.8 Å². The molecule has 35 heavy (non-hydrogen) atoms. The summed E-state index contributed by atoms with van der Waals surface area (Å²) in [4.78, 5) is 15.0. The number of rotatable bonds is 7. The number of carbonyl (C=O) groups is 1. The number of para-hydroxylation sites is 1. The van der Waals surface area contributed by atoms with E-state index in [0.717, 1.165) is 5.69 Å². The first-order chi connectivity index (χ1) is 16.8. The number of nitrogens with zero attached hydrogens (tertiary/aromatic N) is 3. The first kappa shape index (κ1) is 24.8. The van der Waals surface area contributed by atoms with Gasteiger partial charge >= 0.3 is 0 Å². The zero-order valence-electron chi connectivity index (χ0n) is 19.7. The Kier molecular flexibility index (Phi) is 7.47. The number of aryl methyl sites for hydroxylation is 1. The third kappa shape index (κ3) is 5.21. The lowest BCUT2D eigenvalue weighted by atomic mass is 9.97. The average molecular weight is 498 g/mol. The van der Waals surface area contributed by atoms with Crippen LogP contribution in [0.4, 0.5) is 10.1 Å². The molecule has 184 valence electrons. The van der Waals surface area contributed by atoms with Crippen molar-refractivity contribution in [3.05, 3.63) is 77.4 Å². The normalized spacial score (nSPS) is 17.1. The molecule has 0 saturated carbocycles. The van der Waals surface area contributed by atoms with Crippen molar-refractivity contribution in [3.8, 4) is 0 Å². The van der Waals surface area contributed by atoms with E-state index in [-0.39, 0.29) is 28.8 Å². The lowest BCUT2D eigenvalue weighted by Crippen LogP contribution is -2.47. The van der Waals surface area contributed by atoms with Crippen LogP contribution in [0.15, 0.2) is 64.0 Å². The first-order valence-corrected chi connectivity index (χ1v) is 13.0. The molecule has 0 spiro atoms. The van der Waals surface area contributed by atoms with Gasteiger partial charge in [-0.15, -0.1) is 0 Å². The van der Waals surface area contributed by atoms with E-state index in [4.69, 9.17) is 4.52 Å². The van der Waals surface area contributed by atoms with Crippen LogP contribution in [0.1, 0.15) is 36.8 Å². The van der Waals surface area contributed by atoms with E-state index in [1.165, 1.54) is 22.5 Å². The highest BCUT2D eigenvalue weighted by atomic mass is 32.2. The van der Waals surface area contributed by atoms with Gasteiger partial charge in [-0.05, 0) is 57.0 Å². The third-order valence-corrected chi connectivity index (χ3v) is 8.16. The van der Waals surface area contributed by atoms with Gasteiger partial charge in [-0.25, -0.2) is 12.8 Å². The second kappa shape index (κ2) is 10.5. The molecule has 1 aliphatic heterocycles. The van der Waals surface area contributed by atoms with Gasteiger partial charge in [0.25, 0.3) is 0 Å². The maximum absolute atomic E-state index is 14.0. The van der Waals surface area contributed by atoms with Crippen molar-refractivity contribution in [1.29, 1.82) is 0 Å². The highest BCUT2D eigenvalue weighted by Crippen LogP contribution is 2.30. The summed E-state index contributed by atoms with van der Waals surface area (Å²) < 4.78 is 47.9. The van der Waals surface area contributed by atoms with Crippen molar-refractivity contribution in [1.82, 2.24) is 9.46 Å². The van der Waals surface area contributed by atoms with Gasteiger partial charge in [-0.2, -0.15) is 4.31 Å². The molecule has 0 aliphatic carbocycles. The smallest absolute Gasteiger partial charge is 0.248 e. The molecule has 1 aliphatic rings. The molecule has 0 bridgehead atoms. The number of benzene rings is 2. The third-order valence-electron chi connectivity index (χ3n) is 6.13. The van der Waals surface area contributed by atoms with Crippen molar-refractivity contribution in [2.24, 2.45) is 5.92 Å². The molecule has 1 unspecified atom stereocenters. The summed E-state index contributed by atoms with van der Waals surface area (Å²) in [6.07, 6.45) is 4.03. The lowest BCUT2D eigenvalue weighted by molar-refractivity contribution is -0.123. The molecular weight excluding hydrogens is 469 g/mol. The number of aromatic nitrogens is 1. The summed E-state index contributed by atoms with van der Waals surface area (Å²) >= 11 is 0. The second-order valence-electron chi connectivity index (χ2n) is 8.44. The van der Waals surface area contributed by atoms with Crippen LogP contribution in [0, 0.1) is 18.7 Å². The van der Waals surface area contributed by atoms with E-state index in [2.05, 4.69) is 5.16 Å². The fourth-order valence-corrected chi connectivity index (χ4v) is 6.13. The number of anilines is 1. The standard InChI is InChI=1S/C26H28FN3O4S/c1-3-30(22-12-5-4-6-13-22)26(31)21-11-9-17-29(18-21)35(32,33)25-19(2)28-34-24(25)16-15-20-10-7-8-14-23(20)27/h4-8,10,12-16,21H,3,9,11,17-18H2,1-2H3. The molecule has 1 aromatic heterocycles. The molecule has 2 aromatic carbocycles. The molecule has 0 N–H and O–H groups in total. The van der Waals surface area contributed by atoms with Crippen molar-refractivity contribution >= 4 is 33.8 Å². The molecule has 9 heteroatoms. The minimum Gasteiger partial charge on any atom is -0.355 e. The Bertz CT molecular complexity index is 1320. The minimum absolute atomic E-state index is 0.0265. The van der Waals surface area contributed by atoms with E-state index in [1.54, 1.807) is 30.0 Å². The van der Waals surface area contributed by atoms with Crippen molar-refractivity contribution in [2.45, 2.75) is 31.6 Å². The lowest BCUT2D eigenvalue weighted by Gasteiger charge is -2.34.